The molecule has 0 atom stereocenters. The van der Waals surface area contributed by atoms with Crippen LogP contribution in [0.1, 0.15) is 16.7 Å². The summed E-state index contributed by atoms with van der Waals surface area (Å²) in [6.45, 7) is 6.24. The van der Waals surface area contributed by atoms with E-state index < -0.39 is 16.4 Å². The fourth-order valence-corrected chi connectivity index (χ4v) is 28.7. The molecule has 0 bridgehead atoms. The first-order valence-electron chi connectivity index (χ1n) is 8.51. The Hall–Kier alpha value is -1.08. The molecular formula is C22H23BiCl2O. The molecule has 0 radical (unpaired) electrons. The van der Waals surface area contributed by atoms with Gasteiger partial charge in [-0.1, -0.05) is 0 Å². The maximum atomic E-state index is 7.72. The van der Waals surface area contributed by atoms with Crippen LogP contribution in [0.25, 0.3) is 0 Å². The summed E-state index contributed by atoms with van der Waals surface area (Å²) in [4.78, 5) is 0. The van der Waals surface area contributed by atoms with Gasteiger partial charge in [0.1, 0.15) is 0 Å². The van der Waals surface area contributed by atoms with Crippen LogP contribution in [0.3, 0.4) is 0 Å². The zero-order chi connectivity index (χ0) is 19.0. The number of methoxy groups -OCH3 is 1. The van der Waals surface area contributed by atoms with E-state index in [1.807, 2.05) is 36.4 Å². The van der Waals surface area contributed by atoms with Crippen molar-refractivity contribution in [2.45, 2.75) is 20.8 Å². The summed E-state index contributed by atoms with van der Waals surface area (Å²) in [6, 6.07) is 22.5. The number of benzene rings is 3. The third-order valence-electron chi connectivity index (χ3n) is 4.90. The van der Waals surface area contributed by atoms with E-state index in [4.69, 9.17) is 21.8 Å². The van der Waals surface area contributed by atoms with Crippen LogP contribution in [-0.4, -0.2) is 23.5 Å². The van der Waals surface area contributed by atoms with Gasteiger partial charge in [0.15, 0.2) is 0 Å². The molecule has 0 aliphatic carbocycles. The molecule has 0 amide bonds. The summed E-state index contributed by atoms with van der Waals surface area (Å²) >= 11 is -4.88. The van der Waals surface area contributed by atoms with Gasteiger partial charge in [-0.05, 0) is 0 Å². The molecule has 0 saturated carbocycles. The van der Waals surface area contributed by atoms with Crippen molar-refractivity contribution in [1.29, 1.82) is 0 Å². The van der Waals surface area contributed by atoms with E-state index in [9.17, 15) is 0 Å². The molecule has 0 aliphatic rings. The van der Waals surface area contributed by atoms with Crippen LogP contribution < -0.4 is 14.6 Å². The van der Waals surface area contributed by atoms with Crippen molar-refractivity contribution in [2.24, 2.45) is 0 Å². The summed E-state index contributed by atoms with van der Waals surface area (Å²) < 4.78 is 8.58. The second kappa shape index (κ2) is 7.15. The molecule has 0 unspecified atom stereocenters. The van der Waals surface area contributed by atoms with Gasteiger partial charge in [-0.3, -0.25) is 0 Å². The molecule has 3 rings (SSSR count). The number of hydrogen-bond donors (Lipinski definition) is 0. The van der Waals surface area contributed by atoms with Gasteiger partial charge in [-0.25, -0.2) is 0 Å². The Kier molecular flexibility index (Phi) is 5.41. The second-order valence-corrected chi connectivity index (χ2v) is 32.7. The van der Waals surface area contributed by atoms with Gasteiger partial charge in [-0.15, -0.1) is 0 Å². The first-order valence-corrected chi connectivity index (χ1v) is 22.3. The molecule has 0 aromatic heterocycles. The predicted molar refractivity (Wildman–Crippen MR) is 116 cm³/mol. The fraction of sp³-hybridized carbons (Fsp3) is 0.182. The van der Waals surface area contributed by atoms with Crippen LogP contribution in [0.4, 0.5) is 0 Å². The van der Waals surface area contributed by atoms with Gasteiger partial charge in [0.2, 0.25) is 0 Å². The topological polar surface area (TPSA) is 9.23 Å². The Bertz CT molecular complexity index is 916. The zero-order valence-electron chi connectivity index (χ0n) is 15.5. The monoisotopic (exact) mass is 582 g/mol. The molecule has 136 valence electrons. The summed E-state index contributed by atoms with van der Waals surface area (Å²) in [5.74, 6) is 0.812. The SMILES string of the molecule is COc1cc[c]([Bi]([Cl])([Cl])([c]2ccccc2C)[c]2ccccc2C)c(C)c1. The zero-order valence-corrected chi connectivity index (χ0v) is 20.5. The van der Waals surface area contributed by atoms with Gasteiger partial charge < -0.3 is 0 Å². The summed E-state index contributed by atoms with van der Waals surface area (Å²) in [5.41, 5.74) is 3.32. The first-order chi connectivity index (χ1) is 12.3. The van der Waals surface area contributed by atoms with E-state index in [2.05, 4.69) is 51.1 Å². The standard InChI is InChI=1S/C8H9O.2C7H7.Bi.2ClH/c1-7-4-3-5-8(6-7)9-2;2*1-7-5-3-2-4-6-7;;;/h3,5-6H,1-2H3;2*2-5H,1H3;;2*1H/q;;;+2;;/p-2. The first kappa shape index (κ1) is 19.7. The summed E-state index contributed by atoms with van der Waals surface area (Å²) in [7, 11) is 17.1. The van der Waals surface area contributed by atoms with Crippen molar-refractivity contribution in [1.82, 2.24) is 0 Å². The van der Waals surface area contributed by atoms with Crippen LogP contribution in [-0.2, 0) is 0 Å². The Morgan fingerprint density at radius 2 is 1.12 bits per heavy atom. The van der Waals surface area contributed by atoms with Crippen LogP contribution in [0.2, 0.25) is 0 Å². The Balaban J connectivity index is 2.46. The van der Waals surface area contributed by atoms with Crippen LogP contribution >= 0.6 is 17.0 Å². The van der Waals surface area contributed by atoms with Crippen molar-refractivity contribution in [3.63, 3.8) is 0 Å². The quantitative estimate of drug-likeness (QED) is 0.411. The molecule has 0 spiro atoms. The van der Waals surface area contributed by atoms with Crippen molar-refractivity contribution in [2.75, 3.05) is 7.11 Å². The number of hydrogen-bond acceptors (Lipinski definition) is 1. The average molecular weight is 583 g/mol. The van der Waals surface area contributed by atoms with Gasteiger partial charge in [0.05, 0.1) is 0 Å². The molecule has 0 saturated heterocycles. The Morgan fingerprint density at radius 1 is 0.654 bits per heavy atom. The van der Waals surface area contributed by atoms with E-state index in [1.165, 1.54) is 0 Å². The molecule has 4 heteroatoms. The normalized spacial score (nSPS) is 13.1. The van der Waals surface area contributed by atoms with E-state index in [-0.39, 0.29) is 0 Å². The van der Waals surface area contributed by atoms with Crippen molar-refractivity contribution in [3.8, 4) is 5.75 Å². The number of ether oxygens (including phenoxy) is 1. The van der Waals surface area contributed by atoms with Crippen LogP contribution in [0.15, 0.2) is 66.7 Å². The van der Waals surface area contributed by atoms with E-state index >= 15 is 0 Å². The molecule has 0 aliphatic heterocycles. The molecule has 0 fully saturated rings. The molecular weight excluding hydrogens is 560 g/mol. The van der Waals surface area contributed by atoms with Gasteiger partial charge in [-0.2, -0.15) is 0 Å². The number of aryl methyl sites for hydroxylation is 3. The third-order valence-corrected chi connectivity index (χ3v) is 30.2. The summed E-state index contributed by atoms with van der Waals surface area (Å²) in [5, 5.41) is 0. The summed E-state index contributed by atoms with van der Waals surface area (Å²) in [6.07, 6.45) is 0. The van der Waals surface area contributed by atoms with Crippen LogP contribution in [0.5, 0.6) is 5.75 Å². The van der Waals surface area contributed by atoms with Gasteiger partial charge in [0.25, 0.3) is 0 Å². The van der Waals surface area contributed by atoms with E-state index in [0.29, 0.717) is 0 Å². The Labute approximate surface area is 164 Å². The molecule has 3 aromatic carbocycles. The fourth-order valence-electron chi connectivity index (χ4n) is 3.59. The van der Waals surface area contributed by atoms with E-state index in [1.54, 1.807) is 7.11 Å². The number of rotatable bonds is 4. The number of halogens is 2. The second-order valence-electron chi connectivity index (χ2n) is 6.63. The van der Waals surface area contributed by atoms with Gasteiger partial charge >= 0.3 is 165 Å². The Morgan fingerprint density at radius 3 is 1.54 bits per heavy atom. The third kappa shape index (κ3) is 3.07. The molecule has 0 heterocycles. The van der Waals surface area contributed by atoms with Crippen molar-refractivity contribution in [3.05, 3.63) is 83.4 Å². The molecule has 1 nitrogen and oxygen atoms in total. The van der Waals surface area contributed by atoms with Crippen molar-refractivity contribution < 1.29 is 4.74 Å². The molecule has 3 aromatic rings. The average Bonchev–Trinajstić information content (AvgIpc) is 2.62. The predicted octanol–water partition coefficient (Wildman–Crippen LogP) is 4.52. The maximum absolute atomic E-state index is 7.72. The minimum absolute atomic E-state index is 0.812. The van der Waals surface area contributed by atoms with Crippen molar-refractivity contribution >= 4 is 43.2 Å². The van der Waals surface area contributed by atoms with Gasteiger partial charge in [0, 0.05) is 0 Å². The van der Waals surface area contributed by atoms with E-state index in [0.717, 1.165) is 32.3 Å². The molecule has 26 heavy (non-hydrogen) atoms. The van der Waals surface area contributed by atoms with Crippen LogP contribution in [0, 0.1) is 20.8 Å². The minimum atomic E-state index is -4.88. The molecule has 0 N–H and O–H groups in total.